The van der Waals surface area contributed by atoms with Crippen LogP contribution in [-0.2, 0) is 17.8 Å². The Balaban J connectivity index is 1.79. The molecule has 3 nitrogen and oxygen atoms in total. The molecule has 108 valence electrons. The minimum absolute atomic E-state index is 0.116. The Morgan fingerprint density at radius 2 is 1.81 bits per heavy atom. The molecule has 0 unspecified atom stereocenters. The summed E-state index contributed by atoms with van der Waals surface area (Å²) in [5, 5.41) is 3.23. The zero-order valence-corrected chi connectivity index (χ0v) is 11.8. The second-order valence-corrected chi connectivity index (χ2v) is 5.25. The van der Waals surface area contributed by atoms with Gasteiger partial charge in [-0.3, -0.25) is 4.79 Å². The van der Waals surface area contributed by atoms with Crippen molar-refractivity contribution in [3.8, 4) is 0 Å². The number of nitrogens with zero attached hydrogens (tertiary/aromatic N) is 1. The number of hydrogen-bond acceptors (Lipinski definition) is 2. The Bertz CT molecular complexity index is 671. The fourth-order valence-corrected chi connectivity index (χ4v) is 2.71. The first-order valence-electron chi connectivity index (χ1n) is 6.99. The number of carbonyl (C=O) groups excluding carboxylic acids is 1. The standard InChI is InChI=1S/C17H17FN2O/c1-20(16-9-5-4-8-14(16)18)17(21)15-10-12-6-2-3-7-13(12)11-19-15/h2-9,15,19H,10-11H2,1H3/t15-/m0/s1. The van der Waals surface area contributed by atoms with Crippen LogP contribution in [0.15, 0.2) is 48.5 Å². The van der Waals surface area contributed by atoms with Crippen LogP contribution in [0.1, 0.15) is 11.1 Å². The van der Waals surface area contributed by atoms with Gasteiger partial charge in [0, 0.05) is 13.6 Å². The molecule has 0 saturated heterocycles. The predicted octanol–water partition coefficient (Wildman–Crippen LogP) is 2.50. The van der Waals surface area contributed by atoms with E-state index in [4.69, 9.17) is 0 Å². The van der Waals surface area contributed by atoms with Gasteiger partial charge in [-0.1, -0.05) is 36.4 Å². The minimum atomic E-state index is -0.385. The Kier molecular flexibility index (Phi) is 3.71. The van der Waals surface area contributed by atoms with Crippen molar-refractivity contribution in [2.24, 2.45) is 0 Å². The molecule has 0 bridgehead atoms. The largest absolute Gasteiger partial charge is 0.311 e. The molecule has 2 aromatic rings. The van der Waals surface area contributed by atoms with Crippen LogP contribution in [0.5, 0.6) is 0 Å². The molecule has 1 N–H and O–H groups in total. The van der Waals surface area contributed by atoms with Crippen molar-refractivity contribution in [1.29, 1.82) is 0 Å². The fourth-order valence-electron chi connectivity index (χ4n) is 2.71. The molecule has 21 heavy (non-hydrogen) atoms. The zero-order valence-electron chi connectivity index (χ0n) is 11.8. The lowest BCUT2D eigenvalue weighted by atomic mass is 9.95. The molecule has 1 amide bonds. The number of rotatable bonds is 2. The van der Waals surface area contributed by atoms with E-state index in [1.807, 2.05) is 18.2 Å². The van der Waals surface area contributed by atoms with Gasteiger partial charge < -0.3 is 10.2 Å². The Morgan fingerprint density at radius 3 is 2.57 bits per heavy atom. The summed E-state index contributed by atoms with van der Waals surface area (Å²) in [5.41, 5.74) is 2.70. The number of benzene rings is 2. The van der Waals surface area contributed by atoms with Crippen LogP contribution >= 0.6 is 0 Å². The second kappa shape index (κ2) is 5.66. The molecule has 1 aliphatic rings. The van der Waals surface area contributed by atoms with Crippen molar-refractivity contribution >= 4 is 11.6 Å². The maximum Gasteiger partial charge on any atom is 0.244 e. The van der Waals surface area contributed by atoms with Crippen molar-refractivity contribution in [2.75, 3.05) is 11.9 Å². The van der Waals surface area contributed by atoms with E-state index in [2.05, 4.69) is 11.4 Å². The van der Waals surface area contributed by atoms with E-state index in [0.29, 0.717) is 18.7 Å². The lowest BCUT2D eigenvalue weighted by Crippen LogP contribution is -2.48. The molecule has 0 spiro atoms. The molecule has 0 saturated carbocycles. The topological polar surface area (TPSA) is 32.3 Å². The van der Waals surface area contributed by atoms with Crippen LogP contribution in [0.2, 0.25) is 0 Å². The molecule has 0 fully saturated rings. The van der Waals surface area contributed by atoms with E-state index in [1.165, 1.54) is 22.1 Å². The van der Waals surface area contributed by atoms with Crippen molar-refractivity contribution in [3.05, 3.63) is 65.5 Å². The summed E-state index contributed by atoms with van der Waals surface area (Å²) in [6.07, 6.45) is 0.633. The molecule has 1 aliphatic heterocycles. The van der Waals surface area contributed by atoms with Gasteiger partial charge in [0.15, 0.2) is 0 Å². The third kappa shape index (κ3) is 2.67. The third-order valence-electron chi connectivity index (χ3n) is 3.92. The van der Waals surface area contributed by atoms with Crippen molar-refractivity contribution in [1.82, 2.24) is 5.32 Å². The van der Waals surface area contributed by atoms with Crippen LogP contribution in [-0.4, -0.2) is 19.0 Å². The van der Waals surface area contributed by atoms with E-state index in [-0.39, 0.29) is 17.8 Å². The number of amides is 1. The smallest absolute Gasteiger partial charge is 0.244 e. The Hall–Kier alpha value is -2.20. The number of nitrogens with one attached hydrogen (secondary N) is 1. The maximum atomic E-state index is 13.8. The molecule has 4 heteroatoms. The van der Waals surface area contributed by atoms with E-state index in [0.717, 1.165) is 0 Å². The number of hydrogen-bond donors (Lipinski definition) is 1. The SMILES string of the molecule is CN(C(=O)[C@@H]1Cc2ccccc2CN1)c1ccccc1F. The molecule has 3 rings (SSSR count). The van der Waals surface area contributed by atoms with Gasteiger partial charge in [0.05, 0.1) is 11.7 Å². The van der Waals surface area contributed by atoms with Crippen molar-refractivity contribution in [2.45, 2.75) is 19.0 Å². The zero-order chi connectivity index (χ0) is 14.8. The van der Waals surface area contributed by atoms with E-state index < -0.39 is 0 Å². The quantitative estimate of drug-likeness (QED) is 0.919. The summed E-state index contributed by atoms with van der Waals surface area (Å²) in [6, 6.07) is 14.1. The number of halogens is 1. The normalized spacial score (nSPS) is 17.1. The van der Waals surface area contributed by atoms with E-state index in [9.17, 15) is 9.18 Å². The highest BCUT2D eigenvalue weighted by Crippen LogP contribution is 2.21. The number of carbonyl (C=O) groups is 1. The van der Waals surface area contributed by atoms with Gasteiger partial charge in [0.25, 0.3) is 0 Å². The molecule has 1 atom stereocenters. The average molecular weight is 284 g/mol. The number of likely N-dealkylation sites (N-methyl/N-ethyl adjacent to an activating group) is 1. The van der Waals surface area contributed by atoms with E-state index in [1.54, 1.807) is 25.2 Å². The number of anilines is 1. The van der Waals surface area contributed by atoms with E-state index >= 15 is 0 Å². The number of fused-ring (bicyclic) bond motifs is 1. The summed E-state index contributed by atoms with van der Waals surface area (Å²) < 4.78 is 13.8. The summed E-state index contributed by atoms with van der Waals surface area (Å²) in [4.78, 5) is 13.9. The van der Waals surface area contributed by atoms with Gasteiger partial charge in [-0.15, -0.1) is 0 Å². The van der Waals surface area contributed by atoms with Crippen LogP contribution in [0.3, 0.4) is 0 Å². The van der Waals surface area contributed by atoms with Gasteiger partial charge in [-0.25, -0.2) is 4.39 Å². The van der Waals surface area contributed by atoms with Crippen molar-refractivity contribution < 1.29 is 9.18 Å². The van der Waals surface area contributed by atoms with Crippen LogP contribution in [0.4, 0.5) is 10.1 Å². The Morgan fingerprint density at radius 1 is 1.14 bits per heavy atom. The lowest BCUT2D eigenvalue weighted by Gasteiger charge is -2.29. The monoisotopic (exact) mass is 284 g/mol. The molecule has 2 aromatic carbocycles. The van der Waals surface area contributed by atoms with Crippen molar-refractivity contribution in [3.63, 3.8) is 0 Å². The minimum Gasteiger partial charge on any atom is -0.311 e. The second-order valence-electron chi connectivity index (χ2n) is 5.25. The average Bonchev–Trinajstić information content (AvgIpc) is 2.53. The highest BCUT2D eigenvalue weighted by atomic mass is 19.1. The number of para-hydroxylation sites is 1. The third-order valence-corrected chi connectivity index (χ3v) is 3.92. The molecular formula is C17H17FN2O. The van der Waals surface area contributed by atoms with Gasteiger partial charge >= 0.3 is 0 Å². The van der Waals surface area contributed by atoms with Crippen LogP contribution in [0.25, 0.3) is 0 Å². The summed E-state index contributed by atoms with van der Waals surface area (Å²) in [7, 11) is 1.61. The summed E-state index contributed by atoms with van der Waals surface area (Å²) >= 11 is 0. The highest BCUT2D eigenvalue weighted by molar-refractivity contribution is 5.97. The van der Waals surface area contributed by atoms with Gasteiger partial charge in [0.1, 0.15) is 5.82 Å². The first kappa shape index (κ1) is 13.8. The maximum absolute atomic E-state index is 13.8. The molecule has 1 heterocycles. The molecule has 0 radical (unpaired) electrons. The fraction of sp³-hybridized carbons (Fsp3) is 0.235. The van der Waals surface area contributed by atoms with Gasteiger partial charge in [-0.2, -0.15) is 0 Å². The first-order valence-corrected chi connectivity index (χ1v) is 6.99. The molecule has 0 aromatic heterocycles. The lowest BCUT2D eigenvalue weighted by molar-refractivity contribution is -0.120. The van der Waals surface area contributed by atoms with Crippen LogP contribution < -0.4 is 10.2 Å². The summed E-state index contributed by atoms with van der Waals surface area (Å²) in [5.74, 6) is -0.501. The van der Waals surface area contributed by atoms with Gasteiger partial charge in [-0.05, 0) is 29.7 Å². The van der Waals surface area contributed by atoms with Gasteiger partial charge in [0.2, 0.25) is 5.91 Å². The molecule has 0 aliphatic carbocycles. The predicted molar refractivity (Wildman–Crippen MR) is 80.6 cm³/mol. The first-order chi connectivity index (χ1) is 10.2. The van der Waals surface area contributed by atoms with Crippen LogP contribution in [0, 0.1) is 5.82 Å². The highest BCUT2D eigenvalue weighted by Gasteiger charge is 2.27. The Labute approximate surface area is 123 Å². The molecular weight excluding hydrogens is 267 g/mol. The summed E-state index contributed by atoms with van der Waals surface area (Å²) in [6.45, 7) is 0.664.